The number of allylic oxidation sites excluding steroid dienone is 3. The first-order valence-electron chi connectivity index (χ1n) is 8.82. The van der Waals surface area contributed by atoms with E-state index in [1.807, 2.05) is 37.4 Å². The van der Waals surface area contributed by atoms with Gasteiger partial charge in [-0.2, -0.15) is 10.1 Å². The van der Waals surface area contributed by atoms with Crippen LogP contribution in [0.1, 0.15) is 12.2 Å². The molecule has 1 atom stereocenters. The van der Waals surface area contributed by atoms with Gasteiger partial charge in [0.05, 0.1) is 28.3 Å². The van der Waals surface area contributed by atoms with E-state index >= 15 is 0 Å². The third-order valence-electron chi connectivity index (χ3n) is 4.69. The van der Waals surface area contributed by atoms with E-state index < -0.39 is 0 Å². The number of benzene rings is 1. The quantitative estimate of drug-likeness (QED) is 0.705. The van der Waals surface area contributed by atoms with Crippen molar-refractivity contribution in [1.82, 2.24) is 29.9 Å². The third kappa shape index (κ3) is 3.27. The zero-order valence-electron chi connectivity index (χ0n) is 15.8. The van der Waals surface area contributed by atoms with Gasteiger partial charge in [0.2, 0.25) is 11.9 Å². The zero-order chi connectivity index (χ0) is 19.8. The summed E-state index contributed by atoms with van der Waals surface area (Å²) < 4.78 is 1.66. The highest BCUT2D eigenvalue weighted by atomic mass is 35.5. The molecule has 0 fully saturated rings. The molecule has 144 valence electrons. The van der Waals surface area contributed by atoms with E-state index in [0.29, 0.717) is 23.2 Å². The predicted molar refractivity (Wildman–Crippen MR) is 109 cm³/mol. The lowest BCUT2D eigenvalue weighted by Crippen LogP contribution is -2.29. The molecule has 8 nitrogen and oxygen atoms in total. The summed E-state index contributed by atoms with van der Waals surface area (Å²) in [6.45, 7) is 0. The van der Waals surface area contributed by atoms with Crippen LogP contribution in [0.5, 0.6) is 0 Å². The SMILES string of the molecule is CN(C)C(=O)C1C=CC=C(c2nc(Nc3ccc4[nH]ncc4c3Cl)n(C)n2)C1. The van der Waals surface area contributed by atoms with Gasteiger partial charge in [-0.05, 0) is 24.1 Å². The maximum Gasteiger partial charge on any atom is 0.229 e. The van der Waals surface area contributed by atoms with Crippen LogP contribution in [0.2, 0.25) is 5.02 Å². The molecular formula is C19H20ClN7O. The minimum atomic E-state index is -0.201. The molecule has 1 unspecified atom stereocenters. The number of rotatable bonds is 4. The van der Waals surface area contributed by atoms with Crippen LogP contribution in [0, 0.1) is 5.92 Å². The van der Waals surface area contributed by atoms with Gasteiger partial charge in [0.25, 0.3) is 0 Å². The Hall–Kier alpha value is -3.13. The lowest BCUT2D eigenvalue weighted by molar-refractivity contribution is -0.131. The van der Waals surface area contributed by atoms with Crippen molar-refractivity contribution < 1.29 is 4.79 Å². The normalized spacial score (nSPS) is 16.3. The number of hydrogen-bond acceptors (Lipinski definition) is 5. The van der Waals surface area contributed by atoms with Gasteiger partial charge in [0.1, 0.15) is 0 Å². The summed E-state index contributed by atoms with van der Waals surface area (Å²) in [6.07, 6.45) is 8.00. The molecule has 0 saturated heterocycles. The Labute approximate surface area is 166 Å². The van der Waals surface area contributed by atoms with E-state index in [9.17, 15) is 4.79 Å². The first-order valence-corrected chi connectivity index (χ1v) is 9.20. The Morgan fingerprint density at radius 2 is 2.21 bits per heavy atom. The lowest BCUT2D eigenvalue weighted by Gasteiger charge is -2.20. The second-order valence-corrected chi connectivity index (χ2v) is 7.26. The van der Waals surface area contributed by atoms with Gasteiger partial charge in [0.15, 0.2) is 5.82 Å². The highest BCUT2D eigenvalue weighted by Crippen LogP contribution is 2.32. The number of anilines is 2. The standard InChI is InChI=1S/C19H20ClN7O/c1-26(2)18(28)12-6-4-5-11(9-12)17-23-19(27(3)25-17)22-15-8-7-14-13(16(15)20)10-21-24-14/h4-8,10,12H,9H2,1-3H3,(H,21,24)(H,22,23,25). The first-order chi connectivity index (χ1) is 13.4. The fraction of sp³-hybridized carbons (Fsp3) is 0.263. The van der Waals surface area contributed by atoms with E-state index in [1.165, 1.54) is 0 Å². The molecule has 2 N–H and O–H groups in total. The number of nitrogens with zero attached hydrogens (tertiary/aromatic N) is 5. The van der Waals surface area contributed by atoms with Crippen LogP contribution < -0.4 is 5.32 Å². The fourth-order valence-corrected chi connectivity index (χ4v) is 3.44. The highest BCUT2D eigenvalue weighted by Gasteiger charge is 2.24. The number of aromatic amines is 1. The molecule has 1 aliphatic carbocycles. The van der Waals surface area contributed by atoms with Crippen LogP contribution in [-0.4, -0.2) is 49.9 Å². The van der Waals surface area contributed by atoms with Crippen molar-refractivity contribution in [1.29, 1.82) is 0 Å². The smallest absolute Gasteiger partial charge is 0.229 e. The molecule has 1 aliphatic rings. The number of H-pyrrole nitrogens is 1. The monoisotopic (exact) mass is 397 g/mol. The average molecular weight is 398 g/mol. The summed E-state index contributed by atoms with van der Waals surface area (Å²) in [4.78, 5) is 18.5. The van der Waals surface area contributed by atoms with Gasteiger partial charge >= 0.3 is 0 Å². The van der Waals surface area contributed by atoms with Crippen molar-refractivity contribution in [3.8, 4) is 0 Å². The molecular weight excluding hydrogens is 378 g/mol. The Kier molecular flexibility index (Phi) is 4.64. The van der Waals surface area contributed by atoms with Crippen LogP contribution in [0.15, 0.2) is 36.6 Å². The van der Waals surface area contributed by atoms with Crippen molar-refractivity contribution in [2.45, 2.75) is 6.42 Å². The van der Waals surface area contributed by atoms with Gasteiger partial charge in [-0.15, -0.1) is 5.10 Å². The first kappa shape index (κ1) is 18.2. The van der Waals surface area contributed by atoms with Crippen molar-refractivity contribution in [2.75, 3.05) is 19.4 Å². The minimum absolute atomic E-state index is 0.0660. The number of aryl methyl sites for hydroxylation is 1. The number of carbonyl (C=O) groups excluding carboxylic acids is 1. The molecule has 0 saturated carbocycles. The topological polar surface area (TPSA) is 91.7 Å². The van der Waals surface area contributed by atoms with Crippen LogP contribution in [0.4, 0.5) is 11.6 Å². The number of carbonyl (C=O) groups is 1. The highest BCUT2D eigenvalue weighted by molar-refractivity contribution is 6.38. The van der Waals surface area contributed by atoms with Crippen molar-refractivity contribution >= 4 is 45.6 Å². The average Bonchev–Trinajstić information content (AvgIpc) is 3.31. The summed E-state index contributed by atoms with van der Waals surface area (Å²) in [5.41, 5.74) is 2.50. The molecule has 28 heavy (non-hydrogen) atoms. The van der Waals surface area contributed by atoms with Crippen LogP contribution >= 0.6 is 11.6 Å². The third-order valence-corrected chi connectivity index (χ3v) is 5.10. The summed E-state index contributed by atoms with van der Waals surface area (Å²) in [6, 6.07) is 3.77. The molecule has 4 rings (SSSR count). The molecule has 0 aliphatic heterocycles. The molecule has 0 bridgehead atoms. The Morgan fingerprint density at radius 3 is 3.00 bits per heavy atom. The molecule has 2 heterocycles. The maximum absolute atomic E-state index is 12.3. The van der Waals surface area contributed by atoms with Gasteiger partial charge in [-0.1, -0.05) is 29.8 Å². The Morgan fingerprint density at radius 1 is 1.39 bits per heavy atom. The number of nitrogens with one attached hydrogen (secondary N) is 2. The van der Waals surface area contributed by atoms with Gasteiger partial charge in [-0.3, -0.25) is 9.89 Å². The van der Waals surface area contributed by atoms with E-state index in [1.54, 1.807) is 29.9 Å². The number of fused-ring (bicyclic) bond motifs is 1. The van der Waals surface area contributed by atoms with Crippen LogP contribution in [0.3, 0.4) is 0 Å². The molecule has 2 aromatic heterocycles. The number of amides is 1. The number of hydrogen-bond donors (Lipinski definition) is 2. The van der Waals surface area contributed by atoms with Crippen LogP contribution in [0.25, 0.3) is 16.5 Å². The van der Waals surface area contributed by atoms with E-state index in [0.717, 1.165) is 22.2 Å². The molecule has 0 radical (unpaired) electrons. The lowest BCUT2D eigenvalue weighted by atomic mass is 9.93. The van der Waals surface area contributed by atoms with Gasteiger partial charge in [0, 0.05) is 26.5 Å². The summed E-state index contributed by atoms with van der Waals surface area (Å²) in [7, 11) is 5.33. The second-order valence-electron chi connectivity index (χ2n) is 6.89. The minimum Gasteiger partial charge on any atom is -0.348 e. The summed E-state index contributed by atoms with van der Waals surface area (Å²) in [5.74, 6) is 1.02. The fourth-order valence-electron chi connectivity index (χ4n) is 3.18. The number of aromatic nitrogens is 5. The van der Waals surface area contributed by atoms with Gasteiger partial charge < -0.3 is 10.2 Å². The van der Waals surface area contributed by atoms with E-state index in [4.69, 9.17) is 11.6 Å². The van der Waals surface area contributed by atoms with Crippen LogP contribution in [-0.2, 0) is 11.8 Å². The van der Waals surface area contributed by atoms with Crippen molar-refractivity contribution in [2.24, 2.45) is 13.0 Å². The maximum atomic E-state index is 12.3. The zero-order valence-corrected chi connectivity index (χ0v) is 16.5. The van der Waals surface area contributed by atoms with Crippen molar-refractivity contribution in [3.63, 3.8) is 0 Å². The molecule has 9 heteroatoms. The van der Waals surface area contributed by atoms with E-state index in [2.05, 4.69) is 25.6 Å². The number of halogens is 1. The van der Waals surface area contributed by atoms with E-state index in [-0.39, 0.29) is 11.8 Å². The molecule has 3 aromatic rings. The second kappa shape index (κ2) is 7.12. The molecule has 1 aromatic carbocycles. The summed E-state index contributed by atoms with van der Waals surface area (Å²) in [5, 5.41) is 16.0. The predicted octanol–water partition coefficient (Wildman–Crippen LogP) is 3.14. The molecule has 1 amide bonds. The Bertz CT molecular complexity index is 1110. The molecule has 0 spiro atoms. The van der Waals surface area contributed by atoms with Gasteiger partial charge in [-0.25, -0.2) is 4.68 Å². The largest absolute Gasteiger partial charge is 0.348 e. The van der Waals surface area contributed by atoms with Crippen molar-refractivity contribution in [3.05, 3.63) is 47.4 Å². The Balaban J connectivity index is 1.58. The summed E-state index contributed by atoms with van der Waals surface area (Å²) >= 11 is 6.48.